The van der Waals surface area contributed by atoms with E-state index in [9.17, 15) is 18.4 Å². The number of carbonyl (C=O) groups excluding carboxylic acids is 2. The molecule has 2 bridgehead atoms. The Morgan fingerprint density at radius 1 is 1.30 bits per heavy atom. The maximum atomic E-state index is 14.9. The number of nitrogens with zero attached hydrogens (tertiary/aromatic N) is 1. The predicted octanol–water partition coefficient (Wildman–Crippen LogP) is 2.13. The van der Waals surface area contributed by atoms with Crippen molar-refractivity contribution in [2.24, 2.45) is 0 Å². The second-order valence-electron chi connectivity index (χ2n) is 5.47. The molecule has 1 amide bonds. The zero-order valence-electron chi connectivity index (χ0n) is 13.6. The number of fused-ring (bicyclic) bond motifs is 2. The van der Waals surface area contributed by atoms with E-state index >= 15 is 0 Å². The summed E-state index contributed by atoms with van der Waals surface area (Å²) in [6.45, 7) is 6.76. The zero-order chi connectivity index (χ0) is 17.4. The fraction of sp³-hybridized carbons (Fsp3) is 0.733. The van der Waals surface area contributed by atoms with Gasteiger partial charge in [0.15, 0.2) is 0 Å². The number of amides is 1. The van der Waals surface area contributed by atoms with Gasteiger partial charge < -0.3 is 19.1 Å². The lowest BCUT2D eigenvalue weighted by Crippen LogP contribution is -2.64. The molecule has 0 unspecified atom stereocenters. The first-order valence-electron chi connectivity index (χ1n) is 7.62. The van der Waals surface area contributed by atoms with Gasteiger partial charge in [0.2, 0.25) is 0 Å². The number of ether oxygens (including phenoxy) is 3. The smallest absolute Gasteiger partial charge is 0.411 e. The molecule has 0 aromatic heterocycles. The minimum absolute atomic E-state index is 0.112. The molecule has 130 valence electrons. The number of esters is 1. The topological polar surface area (TPSA) is 65.1 Å². The first-order chi connectivity index (χ1) is 10.8. The highest BCUT2D eigenvalue weighted by Crippen LogP contribution is 2.54. The molecule has 8 heteroatoms. The first kappa shape index (κ1) is 17.7. The number of halogens is 2. The second kappa shape index (κ2) is 6.07. The minimum atomic E-state index is -3.70. The fourth-order valence-electron chi connectivity index (χ4n) is 2.93. The molecule has 6 nitrogen and oxygen atoms in total. The molecule has 0 aromatic rings. The van der Waals surface area contributed by atoms with Gasteiger partial charge in [0.25, 0.3) is 0 Å². The summed E-state index contributed by atoms with van der Waals surface area (Å²) in [7, 11) is 0. The van der Waals surface area contributed by atoms with Crippen LogP contribution in [0.5, 0.6) is 0 Å². The number of rotatable bonds is 5. The van der Waals surface area contributed by atoms with Crippen LogP contribution in [0.2, 0.25) is 0 Å². The first-order valence-corrected chi connectivity index (χ1v) is 7.62. The molecule has 2 heterocycles. The van der Waals surface area contributed by atoms with Crippen molar-refractivity contribution in [3.05, 3.63) is 11.6 Å². The van der Waals surface area contributed by atoms with E-state index in [1.807, 2.05) is 0 Å². The number of hydrogen-bond donors (Lipinski definition) is 0. The van der Waals surface area contributed by atoms with E-state index in [0.717, 1.165) is 0 Å². The van der Waals surface area contributed by atoms with Gasteiger partial charge >= 0.3 is 23.6 Å². The van der Waals surface area contributed by atoms with Crippen molar-refractivity contribution in [2.75, 3.05) is 19.7 Å². The van der Waals surface area contributed by atoms with Gasteiger partial charge in [-0.3, -0.25) is 0 Å². The minimum Gasteiger partial charge on any atom is -0.463 e. The van der Waals surface area contributed by atoms with Crippen molar-refractivity contribution in [2.45, 2.75) is 51.4 Å². The molecule has 2 rings (SSSR count). The van der Waals surface area contributed by atoms with E-state index in [-0.39, 0.29) is 19.7 Å². The molecular formula is C15H21F2NO5. The highest BCUT2D eigenvalue weighted by molar-refractivity contribution is 5.87. The summed E-state index contributed by atoms with van der Waals surface area (Å²) in [6, 6.07) is 0. The van der Waals surface area contributed by atoms with Crippen LogP contribution in [0.3, 0.4) is 0 Å². The molecule has 2 aliphatic rings. The molecule has 2 aliphatic heterocycles. The summed E-state index contributed by atoms with van der Waals surface area (Å²) in [5.74, 6) is -4.99. The van der Waals surface area contributed by atoms with E-state index in [1.54, 1.807) is 13.8 Å². The van der Waals surface area contributed by atoms with Gasteiger partial charge in [-0.25, -0.2) is 9.59 Å². The highest BCUT2D eigenvalue weighted by atomic mass is 19.3. The maximum absolute atomic E-state index is 14.9. The van der Waals surface area contributed by atoms with Crippen molar-refractivity contribution in [1.29, 1.82) is 0 Å². The van der Waals surface area contributed by atoms with Gasteiger partial charge in [-0.15, -0.1) is 0 Å². The molecular weight excluding hydrogens is 312 g/mol. The summed E-state index contributed by atoms with van der Waals surface area (Å²) in [5.41, 5.74) is -2.48. The van der Waals surface area contributed by atoms with Crippen LogP contribution >= 0.6 is 0 Å². The molecule has 0 aromatic carbocycles. The van der Waals surface area contributed by atoms with Gasteiger partial charge in [0, 0.05) is 13.1 Å². The Bertz CT molecular complexity index is 532. The summed E-state index contributed by atoms with van der Waals surface area (Å²) < 4.78 is 44.7. The molecule has 0 N–H and O–H groups in total. The monoisotopic (exact) mass is 333 g/mol. The van der Waals surface area contributed by atoms with Crippen LogP contribution in [0, 0.1) is 0 Å². The van der Waals surface area contributed by atoms with Gasteiger partial charge in [0.05, 0.1) is 6.61 Å². The Morgan fingerprint density at radius 2 is 1.91 bits per heavy atom. The number of carbonyl (C=O) groups is 2. The number of alkyl halides is 2. The normalized spacial score (nSPS) is 30.8. The third kappa shape index (κ3) is 2.39. The highest BCUT2D eigenvalue weighted by Gasteiger charge is 2.79. The third-order valence-corrected chi connectivity index (χ3v) is 4.18. The maximum Gasteiger partial charge on any atom is 0.411 e. The van der Waals surface area contributed by atoms with Crippen molar-refractivity contribution in [3.8, 4) is 0 Å². The Balaban J connectivity index is 2.43. The van der Waals surface area contributed by atoms with Crippen LogP contribution < -0.4 is 0 Å². The van der Waals surface area contributed by atoms with Crippen molar-refractivity contribution in [1.82, 2.24) is 4.90 Å². The lowest BCUT2D eigenvalue weighted by atomic mass is 9.82. The molecule has 0 aliphatic carbocycles. The fourth-order valence-corrected chi connectivity index (χ4v) is 2.93. The van der Waals surface area contributed by atoms with Crippen LogP contribution in [0.4, 0.5) is 13.6 Å². The standard InChI is InChI=1S/C15H21F2NO5/c1-5-18(6-2)13(20)23-14(12(19)21-7-3)10-8-9(4)11(22-10)15(14,16)17/h8,10-11H,5-7H2,1-4H3/t10-,11+,14-/m0/s1. The van der Waals surface area contributed by atoms with Gasteiger partial charge in [-0.2, -0.15) is 8.78 Å². The summed E-state index contributed by atoms with van der Waals surface area (Å²) in [5, 5.41) is 0. The molecule has 1 saturated heterocycles. The van der Waals surface area contributed by atoms with E-state index in [0.29, 0.717) is 5.57 Å². The van der Waals surface area contributed by atoms with Gasteiger partial charge in [-0.1, -0.05) is 0 Å². The van der Waals surface area contributed by atoms with E-state index in [1.165, 1.54) is 24.8 Å². The average molecular weight is 333 g/mol. The second-order valence-corrected chi connectivity index (χ2v) is 5.47. The summed E-state index contributed by atoms with van der Waals surface area (Å²) >= 11 is 0. The molecule has 0 saturated carbocycles. The summed E-state index contributed by atoms with van der Waals surface area (Å²) in [6.07, 6.45) is -2.57. The van der Waals surface area contributed by atoms with Gasteiger partial charge in [-0.05, 0) is 39.3 Å². The Kier molecular flexibility index (Phi) is 4.66. The van der Waals surface area contributed by atoms with Crippen molar-refractivity contribution in [3.63, 3.8) is 0 Å². The zero-order valence-corrected chi connectivity index (χ0v) is 13.6. The molecule has 0 spiro atoms. The Morgan fingerprint density at radius 3 is 2.35 bits per heavy atom. The van der Waals surface area contributed by atoms with Crippen LogP contribution in [0.15, 0.2) is 11.6 Å². The third-order valence-electron chi connectivity index (χ3n) is 4.18. The lowest BCUT2D eigenvalue weighted by Gasteiger charge is -2.37. The predicted molar refractivity (Wildman–Crippen MR) is 76.1 cm³/mol. The van der Waals surface area contributed by atoms with Crippen LogP contribution in [0.1, 0.15) is 27.7 Å². The number of hydrogen-bond acceptors (Lipinski definition) is 5. The van der Waals surface area contributed by atoms with Crippen LogP contribution in [-0.4, -0.2) is 60.4 Å². The average Bonchev–Trinajstić information content (AvgIpc) is 2.96. The van der Waals surface area contributed by atoms with Crippen LogP contribution in [-0.2, 0) is 19.0 Å². The SMILES string of the molecule is CCOC(=O)[C@@]1(OC(=O)N(CC)CC)[C@@H]2C=C(C)[C@@H](O2)C1(F)F. The largest absolute Gasteiger partial charge is 0.463 e. The van der Waals surface area contributed by atoms with Crippen LogP contribution in [0.25, 0.3) is 0 Å². The summed E-state index contributed by atoms with van der Waals surface area (Å²) in [4.78, 5) is 25.7. The Hall–Kier alpha value is -1.70. The molecule has 1 fully saturated rings. The quantitative estimate of drug-likeness (QED) is 0.570. The van der Waals surface area contributed by atoms with E-state index in [2.05, 4.69) is 0 Å². The lowest BCUT2D eigenvalue weighted by molar-refractivity contribution is -0.206. The molecule has 23 heavy (non-hydrogen) atoms. The van der Waals surface area contributed by atoms with Gasteiger partial charge in [0.1, 0.15) is 12.2 Å². The van der Waals surface area contributed by atoms with Crippen molar-refractivity contribution < 1.29 is 32.6 Å². The molecule has 3 atom stereocenters. The molecule has 0 radical (unpaired) electrons. The van der Waals surface area contributed by atoms with E-state index in [4.69, 9.17) is 14.2 Å². The Labute approximate surface area is 133 Å². The van der Waals surface area contributed by atoms with Crippen molar-refractivity contribution >= 4 is 12.1 Å². The van der Waals surface area contributed by atoms with E-state index < -0.39 is 35.8 Å².